The zero-order valence-corrected chi connectivity index (χ0v) is 18.1. The predicted molar refractivity (Wildman–Crippen MR) is 128 cm³/mol. The number of aromatic hydroxyl groups is 2. The molecule has 0 unspecified atom stereocenters. The normalized spacial score (nSPS) is 14.0. The van der Waals surface area contributed by atoms with Crippen molar-refractivity contribution in [2.24, 2.45) is 0 Å². The summed E-state index contributed by atoms with van der Waals surface area (Å²) >= 11 is 0. The molecule has 7 nitrogen and oxygen atoms in total. The van der Waals surface area contributed by atoms with Crippen molar-refractivity contribution in [3.05, 3.63) is 100 Å². The number of hydrogen-bond donors (Lipinski definition) is 4. The molecule has 1 heterocycles. The lowest BCUT2D eigenvalue weighted by Crippen LogP contribution is -2.37. The van der Waals surface area contributed by atoms with Crippen molar-refractivity contribution < 1.29 is 19.8 Å². The largest absolute Gasteiger partial charge is 0.504 e. The molecule has 4 rings (SSSR count). The van der Waals surface area contributed by atoms with Gasteiger partial charge in [-0.2, -0.15) is 5.26 Å². The van der Waals surface area contributed by atoms with Crippen molar-refractivity contribution in [1.82, 2.24) is 10.6 Å². The second-order valence-electron chi connectivity index (χ2n) is 7.76. The third kappa shape index (κ3) is 4.97. The number of carbonyl (C=O) groups excluding carboxylic acids is 2. The molecule has 0 atom stereocenters. The van der Waals surface area contributed by atoms with Gasteiger partial charge in [0.1, 0.15) is 0 Å². The van der Waals surface area contributed by atoms with Gasteiger partial charge in [0.15, 0.2) is 11.5 Å². The SMILES string of the molecule is N#CCc1ccc(/C=C/c2ccc3c(c2)/C(=C\NCc2ccc(O)c(O)c2)C(=O)NC3=O)cc1. The Balaban J connectivity index is 1.56. The van der Waals surface area contributed by atoms with Gasteiger partial charge in [-0.15, -0.1) is 0 Å². The molecule has 3 aromatic carbocycles. The van der Waals surface area contributed by atoms with E-state index in [0.29, 0.717) is 35.2 Å². The Bertz CT molecular complexity index is 1370. The van der Waals surface area contributed by atoms with Crippen LogP contribution < -0.4 is 10.6 Å². The predicted octanol–water partition coefficient (Wildman–Crippen LogP) is 3.73. The van der Waals surface area contributed by atoms with Crippen LogP contribution in [0.1, 0.15) is 38.2 Å². The van der Waals surface area contributed by atoms with Crippen LogP contribution in [-0.2, 0) is 17.8 Å². The summed E-state index contributed by atoms with van der Waals surface area (Å²) in [7, 11) is 0. The average molecular weight is 451 g/mol. The first kappa shape index (κ1) is 22.4. The van der Waals surface area contributed by atoms with Crippen molar-refractivity contribution in [1.29, 1.82) is 5.26 Å². The van der Waals surface area contributed by atoms with Crippen LogP contribution >= 0.6 is 0 Å². The second kappa shape index (κ2) is 9.76. The fourth-order valence-electron chi connectivity index (χ4n) is 3.57. The van der Waals surface area contributed by atoms with Crippen LogP contribution in [0.3, 0.4) is 0 Å². The first-order chi connectivity index (χ1) is 16.4. The maximum Gasteiger partial charge on any atom is 0.260 e. The molecule has 0 radical (unpaired) electrons. The van der Waals surface area contributed by atoms with Crippen LogP contribution in [0.5, 0.6) is 11.5 Å². The zero-order chi connectivity index (χ0) is 24.1. The Morgan fingerprint density at radius 2 is 1.53 bits per heavy atom. The fourth-order valence-corrected chi connectivity index (χ4v) is 3.57. The third-order valence-corrected chi connectivity index (χ3v) is 5.37. The minimum absolute atomic E-state index is 0.208. The minimum atomic E-state index is -0.507. The molecule has 0 fully saturated rings. The van der Waals surface area contributed by atoms with E-state index >= 15 is 0 Å². The highest BCUT2D eigenvalue weighted by atomic mass is 16.3. The maximum absolute atomic E-state index is 12.5. The molecule has 0 bridgehead atoms. The Hall–Kier alpha value is -4.83. The van der Waals surface area contributed by atoms with Crippen LogP contribution in [-0.4, -0.2) is 22.0 Å². The number of rotatable bonds is 6. The maximum atomic E-state index is 12.5. The number of amides is 2. The Kier molecular flexibility index (Phi) is 6.42. The van der Waals surface area contributed by atoms with Gasteiger partial charge >= 0.3 is 0 Å². The topological polar surface area (TPSA) is 122 Å². The van der Waals surface area contributed by atoms with Crippen LogP contribution in [0, 0.1) is 11.3 Å². The van der Waals surface area contributed by atoms with Gasteiger partial charge in [0.2, 0.25) is 0 Å². The number of carbonyl (C=O) groups is 2. The minimum Gasteiger partial charge on any atom is -0.504 e. The van der Waals surface area contributed by atoms with E-state index in [1.807, 2.05) is 36.4 Å². The molecule has 0 spiro atoms. The summed E-state index contributed by atoms with van der Waals surface area (Å²) in [5.74, 6) is -1.40. The molecular weight excluding hydrogens is 430 g/mol. The van der Waals surface area contributed by atoms with Crippen molar-refractivity contribution in [2.75, 3.05) is 0 Å². The van der Waals surface area contributed by atoms with E-state index in [0.717, 1.165) is 16.7 Å². The highest BCUT2D eigenvalue weighted by Gasteiger charge is 2.27. The molecule has 4 N–H and O–H groups in total. The molecular formula is C27H21N3O4. The quantitative estimate of drug-likeness (QED) is 0.196. The van der Waals surface area contributed by atoms with Gasteiger partial charge in [0, 0.05) is 23.9 Å². The summed E-state index contributed by atoms with van der Waals surface area (Å²) in [6.45, 7) is 0.301. The van der Waals surface area contributed by atoms with Crippen LogP contribution in [0.15, 0.2) is 66.9 Å². The number of imide groups is 1. The number of fused-ring (bicyclic) bond motifs is 1. The van der Waals surface area contributed by atoms with E-state index in [1.165, 1.54) is 18.3 Å². The van der Waals surface area contributed by atoms with Crippen molar-refractivity contribution >= 4 is 29.5 Å². The molecule has 2 amide bonds. The molecule has 34 heavy (non-hydrogen) atoms. The Morgan fingerprint density at radius 1 is 0.824 bits per heavy atom. The Labute approximate surface area is 196 Å². The monoisotopic (exact) mass is 451 g/mol. The molecule has 7 heteroatoms. The van der Waals surface area contributed by atoms with E-state index < -0.39 is 11.8 Å². The highest BCUT2D eigenvalue weighted by Crippen LogP contribution is 2.27. The summed E-state index contributed by atoms with van der Waals surface area (Å²) in [6, 6.07) is 19.5. The van der Waals surface area contributed by atoms with Crippen molar-refractivity contribution in [3.63, 3.8) is 0 Å². The summed E-state index contributed by atoms with van der Waals surface area (Å²) in [5, 5.41) is 33.2. The third-order valence-electron chi connectivity index (χ3n) is 5.37. The van der Waals surface area contributed by atoms with Crippen LogP contribution in [0.2, 0.25) is 0 Å². The fraction of sp³-hybridized carbons (Fsp3) is 0.0741. The van der Waals surface area contributed by atoms with E-state index in [1.54, 1.807) is 24.3 Å². The summed E-state index contributed by atoms with van der Waals surface area (Å²) < 4.78 is 0. The first-order valence-corrected chi connectivity index (χ1v) is 10.5. The number of phenolic OH excluding ortho intramolecular Hbond substituents is 2. The number of nitriles is 1. The summed E-state index contributed by atoms with van der Waals surface area (Å²) in [5.41, 5.74) is 4.65. The molecule has 0 aromatic heterocycles. The lowest BCUT2D eigenvalue weighted by atomic mass is 9.93. The number of nitrogens with one attached hydrogen (secondary N) is 2. The van der Waals surface area contributed by atoms with E-state index in [9.17, 15) is 19.8 Å². The van der Waals surface area contributed by atoms with E-state index in [-0.39, 0.29) is 11.5 Å². The number of hydrogen-bond acceptors (Lipinski definition) is 6. The van der Waals surface area contributed by atoms with Gasteiger partial charge in [-0.1, -0.05) is 48.6 Å². The second-order valence-corrected chi connectivity index (χ2v) is 7.76. The van der Waals surface area contributed by atoms with E-state index in [4.69, 9.17) is 5.26 Å². The van der Waals surface area contributed by atoms with Gasteiger partial charge in [-0.3, -0.25) is 14.9 Å². The molecule has 3 aromatic rings. The zero-order valence-electron chi connectivity index (χ0n) is 18.1. The molecule has 0 aliphatic carbocycles. The Morgan fingerprint density at radius 3 is 2.26 bits per heavy atom. The van der Waals surface area contributed by atoms with Crippen LogP contribution in [0.25, 0.3) is 17.7 Å². The molecule has 0 saturated carbocycles. The average Bonchev–Trinajstić information content (AvgIpc) is 2.83. The van der Waals surface area contributed by atoms with Gasteiger partial charge < -0.3 is 15.5 Å². The van der Waals surface area contributed by atoms with Crippen LogP contribution in [0.4, 0.5) is 0 Å². The number of benzene rings is 3. The van der Waals surface area contributed by atoms with Crippen molar-refractivity contribution in [2.45, 2.75) is 13.0 Å². The summed E-state index contributed by atoms with van der Waals surface area (Å²) in [4.78, 5) is 24.8. The van der Waals surface area contributed by atoms with E-state index in [2.05, 4.69) is 16.7 Å². The highest BCUT2D eigenvalue weighted by molar-refractivity contribution is 6.31. The van der Waals surface area contributed by atoms with Gasteiger partial charge in [0.05, 0.1) is 18.1 Å². The summed E-state index contributed by atoms with van der Waals surface area (Å²) in [6.07, 6.45) is 5.70. The molecule has 0 saturated heterocycles. The smallest absolute Gasteiger partial charge is 0.260 e. The molecule has 1 aliphatic heterocycles. The first-order valence-electron chi connectivity index (χ1n) is 10.5. The number of phenols is 2. The molecule has 1 aliphatic rings. The van der Waals surface area contributed by atoms with Gasteiger partial charge in [-0.25, -0.2) is 0 Å². The van der Waals surface area contributed by atoms with Crippen molar-refractivity contribution in [3.8, 4) is 17.6 Å². The standard InChI is InChI=1S/C27H21N3O4/c28-12-11-18-3-1-17(2-4-18)5-6-19-7-9-21-22(13-19)23(27(34)30-26(21)33)16-29-15-20-8-10-24(31)25(32)14-20/h1-10,13-14,16,29,31-32H,11,15H2,(H,30,33,34)/b6-5+,23-16+. The number of nitrogens with zero attached hydrogens (tertiary/aromatic N) is 1. The van der Waals surface area contributed by atoms with Gasteiger partial charge in [0.25, 0.3) is 11.8 Å². The lowest BCUT2D eigenvalue weighted by molar-refractivity contribution is -0.114. The lowest BCUT2D eigenvalue weighted by Gasteiger charge is -2.19. The van der Waals surface area contributed by atoms with Gasteiger partial charge in [-0.05, 0) is 46.5 Å². The molecule has 168 valence electrons.